The maximum absolute atomic E-state index is 13.7. The zero-order valence-corrected chi connectivity index (χ0v) is 11.6. The monoisotopic (exact) mass is 285 g/mol. The standard InChI is InChI=1S/C15H12FN3O2/c1-15(2)6-12-13(14(20)21-15)19(8-18-12)10-4-3-9(7-17)11(16)5-10/h3-5,8H,6H2,1-2H3. The molecule has 0 saturated heterocycles. The summed E-state index contributed by atoms with van der Waals surface area (Å²) in [5.74, 6) is -1.12. The number of imidazole rings is 1. The smallest absolute Gasteiger partial charge is 0.357 e. The SMILES string of the molecule is CC1(C)Cc2ncn(-c3ccc(C#N)c(F)c3)c2C(=O)O1. The molecule has 2 aromatic rings. The van der Waals surface area contributed by atoms with E-state index in [0.717, 1.165) is 0 Å². The third kappa shape index (κ3) is 2.17. The second-order valence-corrected chi connectivity index (χ2v) is 5.51. The topological polar surface area (TPSA) is 67.9 Å². The molecule has 21 heavy (non-hydrogen) atoms. The lowest BCUT2D eigenvalue weighted by Gasteiger charge is -2.29. The highest BCUT2D eigenvalue weighted by molar-refractivity contribution is 5.91. The van der Waals surface area contributed by atoms with Crippen molar-refractivity contribution < 1.29 is 13.9 Å². The van der Waals surface area contributed by atoms with Gasteiger partial charge in [-0.25, -0.2) is 14.2 Å². The van der Waals surface area contributed by atoms with Crippen LogP contribution in [0.25, 0.3) is 5.69 Å². The summed E-state index contributed by atoms with van der Waals surface area (Å²) in [7, 11) is 0. The summed E-state index contributed by atoms with van der Waals surface area (Å²) in [6, 6.07) is 5.90. The number of aromatic nitrogens is 2. The van der Waals surface area contributed by atoms with Gasteiger partial charge < -0.3 is 4.74 Å². The summed E-state index contributed by atoms with van der Waals surface area (Å²) in [6.45, 7) is 3.63. The minimum atomic E-state index is -0.637. The van der Waals surface area contributed by atoms with E-state index < -0.39 is 17.4 Å². The van der Waals surface area contributed by atoms with E-state index in [1.165, 1.54) is 23.0 Å². The van der Waals surface area contributed by atoms with Crippen LogP contribution in [0.3, 0.4) is 0 Å². The van der Waals surface area contributed by atoms with Crippen molar-refractivity contribution in [1.82, 2.24) is 9.55 Å². The number of carbonyl (C=O) groups excluding carboxylic acids is 1. The van der Waals surface area contributed by atoms with Crippen LogP contribution in [0.1, 0.15) is 35.6 Å². The van der Waals surface area contributed by atoms with Gasteiger partial charge in [0.15, 0.2) is 5.69 Å². The predicted octanol–water partition coefficient (Wildman–Crippen LogP) is 2.37. The molecule has 0 bridgehead atoms. The van der Waals surface area contributed by atoms with Gasteiger partial charge in [0.05, 0.1) is 16.9 Å². The molecule has 0 radical (unpaired) electrons. The van der Waals surface area contributed by atoms with E-state index in [9.17, 15) is 9.18 Å². The van der Waals surface area contributed by atoms with Crippen molar-refractivity contribution in [3.05, 3.63) is 47.3 Å². The number of hydrogen-bond donors (Lipinski definition) is 0. The van der Waals surface area contributed by atoms with Crippen molar-refractivity contribution in [2.75, 3.05) is 0 Å². The van der Waals surface area contributed by atoms with Crippen LogP contribution in [-0.2, 0) is 11.2 Å². The average molecular weight is 285 g/mol. The molecule has 1 aromatic heterocycles. The van der Waals surface area contributed by atoms with Crippen LogP contribution in [0.15, 0.2) is 24.5 Å². The lowest BCUT2D eigenvalue weighted by Crippen LogP contribution is -2.36. The summed E-state index contributed by atoms with van der Waals surface area (Å²) in [6.07, 6.45) is 1.97. The number of ether oxygens (including phenoxy) is 1. The highest BCUT2D eigenvalue weighted by atomic mass is 19.1. The average Bonchev–Trinajstić information content (AvgIpc) is 2.81. The molecule has 106 valence electrons. The van der Waals surface area contributed by atoms with Gasteiger partial charge in [-0.15, -0.1) is 0 Å². The van der Waals surface area contributed by atoms with Crippen molar-refractivity contribution in [1.29, 1.82) is 5.26 Å². The molecule has 5 nitrogen and oxygen atoms in total. The van der Waals surface area contributed by atoms with Crippen molar-refractivity contribution in [2.24, 2.45) is 0 Å². The lowest BCUT2D eigenvalue weighted by atomic mass is 9.98. The molecule has 1 aromatic carbocycles. The van der Waals surface area contributed by atoms with E-state index in [1.54, 1.807) is 12.1 Å². The van der Waals surface area contributed by atoms with Crippen molar-refractivity contribution in [2.45, 2.75) is 25.9 Å². The van der Waals surface area contributed by atoms with Crippen LogP contribution in [0, 0.1) is 17.1 Å². The number of fused-ring (bicyclic) bond motifs is 1. The zero-order chi connectivity index (χ0) is 15.2. The molecule has 1 aliphatic rings. The first-order valence-corrected chi connectivity index (χ1v) is 6.41. The summed E-state index contributed by atoms with van der Waals surface area (Å²) in [5.41, 5.74) is 0.715. The summed E-state index contributed by atoms with van der Waals surface area (Å²) in [5, 5.41) is 8.75. The third-order valence-corrected chi connectivity index (χ3v) is 3.35. The van der Waals surface area contributed by atoms with Crippen LogP contribution in [0.2, 0.25) is 0 Å². The van der Waals surface area contributed by atoms with E-state index in [2.05, 4.69) is 4.98 Å². The maximum Gasteiger partial charge on any atom is 0.357 e. The molecular formula is C15H12FN3O2. The Morgan fingerprint density at radius 2 is 2.24 bits per heavy atom. The Labute approximate surface area is 120 Å². The number of benzene rings is 1. The zero-order valence-electron chi connectivity index (χ0n) is 11.6. The first-order chi connectivity index (χ1) is 9.91. The minimum absolute atomic E-state index is 0.0450. The Morgan fingerprint density at radius 3 is 2.90 bits per heavy atom. The molecule has 0 saturated carbocycles. The van der Waals surface area contributed by atoms with Crippen LogP contribution in [0.5, 0.6) is 0 Å². The van der Waals surface area contributed by atoms with E-state index in [-0.39, 0.29) is 5.56 Å². The number of hydrogen-bond acceptors (Lipinski definition) is 4. The van der Waals surface area contributed by atoms with Gasteiger partial charge in [-0.3, -0.25) is 4.57 Å². The van der Waals surface area contributed by atoms with Gasteiger partial charge in [-0.1, -0.05) is 0 Å². The summed E-state index contributed by atoms with van der Waals surface area (Å²) in [4.78, 5) is 16.4. The third-order valence-electron chi connectivity index (χ3n) is 3.35. The largest absolute Gasteiger partial charge is 0.455 e. The molecule has 0 fully saturated rings. The van der Waals surface area contributed by atoms with Gasteiger partial charge in [-0.2, -0.15) is 5.26 Å². The number of cyclic esters (lactones) is 1. The number of halogens is 1. The minimum Gasteiger partial charge on any atom is -0.455 e. The van der Waals surface area contributed by atoms with Crippen LogP contribution in [-0.4, -0.2) is 21.1 Å². The fraction of sp³-hybridized carbons (Fsp3) is 0.267. The molecule has 0 amide bonds. The molecular weight excluding hydrogens is 273 g/mol. The quantitative estimate of drug-likeness (QED) is 0.754. The van der Waals surface area contributed by atoms with E-state index >= 15 is 0 Å². The first kappa shape index (κ1) is 13.3. The Balaban J connectivity index is 2.11. The Hall–Kier alpha value is -2.68. The van der Waals surface area contributed by atoms with Crippen molar-refractivity contribution >= 4 is 5.97 Å². The Morgan fingerprint density at radius 1 is 1.48 bits per heavy atom. The van der Waals surface area contributed by atoms with Crippen molar-refractivity contribution in [3.63, 3.8) is 0 Å². The van der Waals surface area contributed by atoms with Crippen molar-refractivity contribution in [3.8, 4) is 11.8 Å². The normalized spacial score (nSPS) is 16.0. The van der Waals surface area contributed by atoms with Crippen LogP contribution < -0.4 is 0 Å². The van der Waals surface area contributed by atoms with Gasteiger partial charge in [0, 0.05) is 6.42 Å². The predicted molar refractivity (Wildman–Crippen MR) is 71.4 cm³/mol. The lowest BCUT2D eigenvalue weighted by molar-refractivity contribution is -0.00796. The fourth-order valence-corrected chi connectivity index (χ4v) is 2.41. The van der Waals surface area contributed by atoms with Gasteiger partial charge in [0.25, 0.3) is 0 Å². The molecule has 0 spiro atoms. The number of nitriles is 1. The maximum atomic E-state index is 13.7. The van der Waals surface area contributed by atoms with E-state index in [1.807, 2.05) is 13.8 Å². The molecule has 0 aliphatic carbocycles. The van der Waals surface area contributed by atoms with Crippen LogP contribution >= 0.6 is 0 Å². The number of nitrogens with zero attached hydrogens (tertiary/aromatic N) is 3. The van der Waals surface area contributed by atoms with Gasteiger partial charge in [0.1, 0.15) is 23.8 Å². The van der Waals surface area contributed by atoms with E-state index in [0.29, 0.717) is 23.5 Å². The van der Waals surface area contributed by atoms with Gasteiger partial charge in [0.2, 0.25) is 0 Å². The summed E-state index contributed by atoms with van der Waals surface area (Å²) >= 11 is 0. The molecule has 6 heteroatoms. The number of rotatable bonds is 1. The number of carbonyl (C=O) groups is 1. The highest BCUT2D eigenvalue weighted by Gasteiger charge is 2.36. The molecule has 0 N–H and O–H groups in total. The molecule has 2 heterocycles. The second-order valence-electron chi connectivity index (χ2n) is 5.51. The molecule has 0 unspecified atom stereocenters. The first-order valence-electron chi connectivity index (χ1n) is 6.41. The molecule has 1 aliphatic heterocycles. The fourth-order valence-electron chi connectivity index (χ4n) is 2.41. The molecule has 0 atom stereocenters. The Kier molecular flexibility index (Phi) is 2.80. The van der Waals surface area contributed by atoms with Crippen LogP contribution in [0.4, 0.5) is 4.39 Å². The highest BCUT2D eigenvalue weighted by Crippen LogP contribution is 2.28. The van der Waals surface area contributed by atoms with Gasteiger partial charge in [-0.05, 0) is 32.0 Å². The van der Waals surface area contributed by atoms with E-state index in [4.69, 9.17) is 10.00 Å². The van der Waals surface area contributed by atoms with Gasteiger partial charge >= 0.3 is 5.97 Å². The second kappa shape index (κ2) is 4.42. The summed E-state index contributed by atoms with van der Waals surface area (Å²) < 4.78 is 20.6. The number of esters is 1. The molecule has 3 rings (SSSR count). The Bertz CT molecular complexity index is 787.